The van der Waals surface area contributed by atoms with E-state index < -0.39 is 11.6 Å². The molecule has 0 bridgehead atoms. The van der Waals surface area contributed by atoms with Crippen LogP contribution < -0.4 is 0 Å². The van der Waals surface area contributed by atoms with Crippen molar-refractivity contribution in [1.29, 1.82) is 0 Å². The van der Waals surface area contributed by atoms with E-state index in [9.17, 15) is 13.6 Å². The highest BCUT2D eigenvalue weighted by Crippen LogP contribution is 2.24. The summed E-state index contributed by atoms with van der Waals surface area (Å²) in [7, 11) is 0. The molecular weight excluding hydrogens is 226 g/mol. The van der Waals surface area contributed by atoms with Crippen LogP contribution in [0.3, 0.4) is 0 Å². The Morgan fingerprint density at radius 3 is 2.47 bits per heavy atom. The van der Waals surface area contributed by atoms with Gasteiger partial charge in [0.05, 0.1) is 0 Å². The summed E-state index contributed by atoms with van der Waals surface area (Å²) in [5.74, 6) is -1.43. The molecule has 0 amide bonds. The molecule has 0 aliphatic heterocycles. The van der Waals surface area contributed by atoms with E-state index in [1.54, 1.807) is 0 Å². The van der Waals surface area contributed by atoms with Gasteiger partial charge in [0.1, 0.15) is 24.2 Å². The van der Waals surface area contributed by atoms with Crippen LogP contribution in [0.25, 0.3) is 11.1 Å². The maximum Gasteiger partial charge on any atom is 0.134 e. The third kappa shape index (κ3) is 2.33. The molecule has 0 fully saturated rings. The first-order valence-corrected chi connectivity index (χ1v) is 4.89. The van der Waals surface area contributed by atoms with Gasteiger partial charge in [-0.3, -0.25) is 0 Å². The van der Waals surface area contributed by atoms with Crippen molar-refractivity contribution >= 4 is 6.29 Å². The van der Waals surface area contributed by atoms with Crippen molar-refractivity contribution in [3.63, 3.8) is 0 Å². The van der Waals surface area contributed by atoms with Gasteiger partial charge in [-0.2, -0.15) is 0 Å². The lowest BCUT2D eigenvalue weighted by atomic mass is 10.0. The molecule has 86 valence electrons. The molecule has 2 rings (SSSR count). The molecule has 1 aromatic carbocycles. The fourth-order valence-corrected chi connectivity index (χ4v) is 1.50. The summed E-state index contributed by atoms with van der Waals surface area (Å²) >= 11 is 0. The largest absolute Gasteiger partial charge is 0.303 e. The zero-order valence-corrected chi connectivity index (χ0v) is 8.73. The monoisotopic (exact) mass is 234 g/mol. The molecule has 0 N–H and O–H groups in total. The zero-order chi connectivity index (χ0) is 12.3. The van der Waals surface area contributed by atoms with Crippen molar-refractivity contribution in [2.24, 2.45) is 0 Å². The van der Waals surface area contributed by atoms with Crippen LogP contribution in [-0.2, 0) is 11.2 Å². The average Bonchev–Trinajstić information content (AvgIpc) is 2.34. The average molecular weight is 234 g/mol. The van der Waals surface area contributed by atoms with Crippen LogP contribution in [0, 0.1) is 11.6 Å². The highest BCUT2D eigenvalue weighted by molar-refractivity contribution is 5.65. The van der Waals surface area contributed by atoms with Crippen molar-refractivity contribution in [2.75, 3.05) is 0 Å². The number of hydrogen-bond donors (Lipinski definition) is 0. The van der Waals surface area contributed by atoms with Gasteiger partial charge in [0.2, 0.25) is 0 Å². The fraction of sp³-hybridized carbons (Fsp3) is 0.0833. The van der Waals surface area contributed by atoms with Crippen LogP contribution in [0.4, 0.5) is 8.78 Å². The molecule has 5 heteroatoms. The standard InChI is InChI=1S/C12H8F2N2O/c13-11-4-12(14)10(3-8(11)1-2-17)9-5-15-7-16-6-9/h2-7H,1H2. The first kappa shape index (κ1) is 11.3. The highest BCUT2D eigenvalue weighted by Gasteiger charge is 2.11. The number of hydrogen-bond acceptors (Lipinski definition) is 3. The molecule has 1 heterocycles. The number of rotatable bonds is 3. The van der Waals surface area contributed by atoms with Crippen LogP contribution in [0.5, 0.6) is 0 Å². The maximum absolute atomic E-state index is 13.6. The Kier molecular flexibility index (Phi) is 3.18. The highest BCUT2D eigenvalue weighted by atomic mass is 19.1. The molecule has 2 aromatic rings. The van der Waals surface area contributed by atoms with Crippen molar-refractivity contribution < 1.29 is 13.6 Å². The third-order valence-corrected chi connectivity index (χ3v) is 2.31. The summed E-state index contributed by atoms with van der Waals surface area (Å²) in [6.07, 6.45) is 4.65. The van der Waals surface area contributed by atoms with Gasteiger partial charge in [-0.05, 0) is 11.6 Å². The molecule has 3 nitrogen and oxygen atoms in total. The minimum absolute atomic E-state index is 0.0905. The van der Waals surface area contributed by atoms with E-state index in [1.807, 2.05) is 0 Å². The van der Waals surface area contributed by atoms with Crippen molar-refractivity contribution in [3.05, 3.63) is 48.1 Å². The van der Waals surface area contributed by atoms with Crippen LogP contribution in [0.15, 0.2) is 30.9 Å². The Morgan fingerprint density at radius 2 is 1.82 bits per heavy atom. The lowest BCUT2D eigenvalue weighted by Gasteiger charge is -2.06. The Balaban J connectivity index is 2.54. The second-order valence-corrected chi connectivity index (χ2v) is 3.42. The second kappa shape index (κ2) is 4.78. The number of aromatic nitrogens is 2. The molecule has 0 atom stereocenters. The predicted octanol–water partition coefficient (Wildman–Crippen LogP) is 2.16. The SMILES string of the molecule is O=CCc1cc(-c2cncnc2)c(F)cc1F. The summed E-state index contributed by atoms with van der Waals surface area (Å²) in [5, 5.41) is 0. The molecule has 0 radical (unpaired) electrons. The number of aldehydes is 1. The molecule has 0 aliphatic rings. The zero-order valence-electron chi connectivity index (χ0n) is 8.73. The molecule has 0 spiro atoms. The maximum atomic E-state index is 13.6. The number of benzene rings is 1. The minimum atomic E-state index is -0.727. The van der Waals surface area contributed by atoms with Crippen LogP contribution in [0.1, 0.15) is 5.56 Å². The van der Waals surface area contributed by atoms with E-state index in [0.717, 1.165) is 6.07 Å². The van der Waals surface area contributed by atoms with Gasteiger partial charge in [0.15, 0.2) is 0 Å². The van der Waals surface area contributed by atoms with Crippen LogP contribution in [-0.4, -0.2) is 16.3 Å². The van der Waals surface area contributed by atoms with Crippen molar-refractivity contribution in [1.82, 2.24) is 9.97 Å². The predicted molar refractivity (Wildman–Crippen MR) is 57.2 cm³/mol. The van der Waals surface area contributed by atoms with Crippen LogP contribution >= 0.6 is 0 Å². The Morgan fingerprint density at radius 1 is 1.12 bits per heavy atom. The van der Waals surface area contributed by atoms with Gasteiger partial charge >= 0.3 is 0 Å². The second-order valence-electron chi connectivity index (χ2n) is 3.42. The lowest BCUT2D eigenvalue weighted by Crippen LogP contribution is -1.96. The van der Waals surface area contributed by atoms with Gasteiger partial charge in [0.25, 0.3) is 0 Å². The van der Waals surface area contributed by atoms with Crippen LogP contribution in [0.2, 0.25) is 0 Å². The Labute approximate surface area is 96.2 Å². The summed E-state index contributed by atoms with van der Waals surface area (Å²) in [6, 6.07) is 2.07. The molecule has 0 unspecified atom stereocenters. The summed E-state index contributed by atoms with van der Waals surface area (Å²) in [6.45, 7) is 0. The molecule has 0 saturated carbocycles. The van der Waals surface area contributed by atoms with E-state index in [1.165, 1.54) is 24.8 Å². The summed E-state index contributed by atoms with van der Waals surface area (Å²) in [4.78, 5) is 17.9. The number of carbonyl (C=O) groups excluding carboxylic acids is 1. The molecule has 17 heavy (non-hydrogen) atoms. The first-order valence-electron chi connectivity index (χ1n) is 4.89. The van der Waals surface area contributed by atoms with Gasteiger partial charge in [-0.15, -0.1) is 0 Å². The quantitative estimate of drug-likeness (QED) is 0.764. The Bertz CT molecular complexity index is 544. The van der Waals surface area contributed by atoms with Gasteiger partial charge < -0.3 is 4.79 Å². The Hall–Kier alpha value is -2.17. The molecular formula is C12H8F2N2O. The smallest absolute Gasteiger partial charge is 0.134 e. The summed E-state index contributed by atoms with van der Waals surface area (Å²) < 4.78 is 26.9. The van der Waals surface area contributed by atoms with Crippen molar-refractivity contribution in [2.45, 2.75) is 6.42 Å². The van der Waals surface area contributed by atoms with Gasteiger partial charge in [-0.25, -0.2) is 18.7 Å². The number of carbonyl (C=O) groups is 1. The topological polar surface area (TPSA) is 42.9 Å². The first-order chi connectivity index (χ1) is 8.22. The fourth-order valence-electron chi connectivity index (χ4n) is 1.50. The van der Waals surface area contributed by atoms with Gasteiger partial charge in [0, 0.05) is 36.0 Å². The third-order valence-electron chi connectivity index (χ3n) is 2.31. The molecule has 0 aliphatic carbocycles. The number of nitrogens with zero attached hydrogens (tertiary/aromatic N) is 2. The minimum Gasteiger partial charge on any atom is -0.303 e. The molecule has 1 aromatic heterocycles. The van der Waals surface area contributed by atoms with E-state index in [2.05, 4.69) is 9.97 Å². The van der Waals surface area contributed by atoms with E-state index in [0.29, 0.717) is 11.8 Å². The van der Waals surface area contributed by atoms with E-state index in [4.69, 9.17) is 0 Å². The van der Waals surface area contributed by atoms with E-state index >= 15 is 0 Å². The van der Waals surface area contributed by atoms with Gasteiger partial charge in [-0.1, -0.05) is 0 Å². The normalized spacial score (nSPS) is 10.2. The molecule has 0 saturated heterocycles. The lowest BCUT2D eigenvalue weighted by molar-refractivity contribution is -0.107. The summed E-state index contributed by atoms with van der Waals surface area (Å²) in [5.41, 5.74) is 0.779. The number of halogens is 2. The van der Waals surface area contributed by atoms with E-state index in [-0.39, 0.29) is 17.5 Å². The van der Waals surface area contributed by atoms with Crippen molar-refractivity contribution in [3.8, 4) is 11.1 Å².